The molecule has 0 saturated carbocycles. The zero-order valence-electron chi connectivity index (χ0n) is 9.01. The Morgan fingerprint density at radius 1 is 1.38 bits per heavy atom. The van der Waals surface area contributed by atoms with E-state index in [4.69, 9.17) is 27.9 Å². The van der Waals surface area contributed by atoms with E-state index >= 15 is 0 Å². The van der Waals surface area contributed by atoms with Gasteiger partial charge in [-0.25, -0.2) is 0 Å². The second-order valence-corrected chi connectivity index (χ2v) is 4.86. The molecule has 1 unspecified atom stereocenters. The fourth-order valence-corrected chi connectivity index (χ4v) is 2.19. The van der Waals surface area contributed by atoms with E-state index in [-0.39, 0.29) is 0 Å². The quantitative estimate of drug-likeness (QED) is 0.900. The highest BCUT2D eigenvalue weighted by Gasteiger charge is 2.13. The summed E-state index contributed by atoms with van der Waals surface area (Å²) in [4.78, 5) is 0. The van der Waals surface area contributed by atoms with Crippen LogP contribution >= 0.6 is 23.2 Å². The molecule has 0 bridgehead atoms. The van der Waals surface area contributed by atoms with Crippen LogP contribution in [0.3, 0.4) is 0 Å². The van der Waals surface area contributed by atoms with Crippen LogP contribution in [0, 0.1) is 0 Å². The Morgan fingerprint density at radius 3 is 3.00 bits per heavy atom. The molecule has 4 heteroatoms. The Hall–Kier alpha value is -0.280. The average molecular weight is 260 g/mol. The highest BCUT2D eigenvalue weighted by atomic mass is 35.5. The first-order chi connectivity index (χ1) is 7.75. The van der Waals surface area contributed by atoms with Crippen molar-refractivity contribution in [3.63, 3.8) is 0 Å². The topological polar surface area (TPSA) is 21.3 Å². The van der Waals surface area contributed by atoms with Crippen LogP contribution in [-0.4, -0.2) is 19.2 Å². The molecule has 1 aliphatic rings. The van der Waals surface area contributed by atoms with Gasteiger partial charge in [0.05, 0.1) is 12.7 Å². The van der Waals surface area contributed by atoms with Crippen molar-refractivity contribution in [2.75, 3.05) is 13.1 Å². The zero-order chi connectivity index (χ0) is 11.4. The van der Waals surface area contributed by atoms with Crippen LogP contribution in [0.1, 0.15) is 18.4 Å². The maximum absolute atomic E-state index is 6.06. The lowest BCUT2D eigenvalue weighted by Crippen LogP contribution is -2.35. The Balaban J connectivity index is 1.90. The van der Waals surface area contributed by atoms with E-state index in [1.54, 1.807) is 6.07 Å². The fraction of sp³-hybridized carbons (Fsp3) is 0.500. The van der Waals surface area contributed by atoms with E-state index in [1.807, 2.05) is 12.1 Å². The Labute approximate surface area is 106 Å². The molecule has 88 valence electrons. The van der Waals surface area contributed by atoms with Crippen LogP contribution in [0.25, 0.3) is 0 Å². The summed E-state index contributed by atoms with van der Waals surface area (Å²) in [7, 11) is 0. The zero-order valence-corrected chi connectivity index (χ0v) is 10.5. The van der Waals surface area contributed by atoms with Crippen molar-refractivity contribution in [1.82, 2.24) is 5.32 Å². The van der Waals surface area contributed by atoms with Gasteiger partial charge in [0.15, 0.2) is 0 Å². The third kappa shape index (κ3) is 3.36. The van der Waals surface area contributed by atoms with Crippen molar-refractivity contribution in [1.29, 1.82) is 0 Å². The van der Waals surface area contributed by atoms with Crippen molar-refractivity contribution in [2.45, 2.75) is 25.6 Å². The average Bonchev–Trinajstić information content (AvgIpc) is 2.32. The van der Waals surface area contributed by atoms with Crippen molar-refractivity contribution < 1.29 is 4.74 Å². The molecule has 0 spiro atoms. The standard InChI is InChI=1S/C12H15Cl2NO/c13-10-3-4-12(14)9(6-10)8-16-11-2-1-5-15-7-11/h3-4,6,11,15H,1-2,5,7-8H2. The molecular formula is C12H15Cl2NO. The van der Waals surface area contributed by atoms with E-state index in [0.29, 0.717) is 22.8 Å². The highest BCUT2D eigenvalue weighted by molar-refractivity contribution is 6.33. The van der Waals surface area contributed by atoms with Crippen LogP contribution < -0.4 is 5.32 Å². The van der Waals surface area contributed by atoms with Gasteiger partial charge in [-0.1, -0.05) is 23.2 Å². The maximum atomic E-state index is 6.06. The molecule has 1 heterocycles. The molecule has 1 N–H and O–H groups in total. The molecule has 1 aromatic carbocycles. The minimum atomic E-state index is 0.295. The molecule has 2 nitrogen and oxygen atoms in total. The first kappa shape index (κ1) is 12.2. The first-order valence-corrected chi connectivity index (χ1v) is 6.27. The lowest BCUT2D eigenvalue weighted by Gasteiger charge is -2.23. The van der Waals surface area contributed by atoms with Gasteiger partial charge in [-0.2, -0.15) is 0 Å². The SMILES string of the molecule is Clc1ccc(Cl)c(COC2CCCNC2)c1. The number of nitrogens with one attached hydrogen (secondary N) is 1. The third-order valence-corrected chi connectivity index (χ3v) is 3.34. The molecule has 2 rings (SSSR count). The van der Waals surface area contributed by atoms with E-state index in [2.05, 4.69) is 5.32 Å². The van der Waals surface area contributed by atoms with Gasteiger partial charge < -0.3 is 10.1 Å². The number of hydrogen-bond acceptors (Lipinski definition) is 2. The highest BCUT2D eigenvalue weighted by Crippen LogP contribution is 2.22. The predicted octanol–water partition coefficient (Wildman–Crippen LogP) is 3.26. The number of piperidine rings is 1. The molecule has 1 saturated heterocycles. The minimum Gasteiger partial charge on any atom is -0.372 e. The number of halogens is 2. The van der Waals surface area contributed by atoms with Gasteiger partial charge in [0.1, 0.15) is 0 Å². The van der Waals surface area contributed by atoms with E-state index in [0.717, 1.165) is 25.1 Å². The van der Waals surface area contributed by atoms with Crippen LogP contribution in [0.4, 0.5) is 0 Å². The summed E-state index contributed by atoms with van der Waals surface area (Å²) < 4.78 is 5.80. The largest absolute Gasteiger partial charge is 0.372 e. The van der Waals surface area contributed by atoms with Gasteiger partial charge in [-0.05, 0) is 43.1 Å². The van der Waals surface area contributed by atoms with Gasteiger partial charge in [0.25, 0.3) is 0 Å². The van der Waals surface area contributed by atoms with Gasteiger partial charge in [0, 0.05) is 16.6 Å². The van der Waals surface area contributed by atoms with E-state index in [9.17, 15) is 0 Å². The van der Waals surface area contributed by atoms with Crippen LogP contribution in [0.15, 0.2) is 18.2 Å². The van der Waals surface area contributed by atoms with Crippen LogP contribution in [0.5, 0.6) is 0 Å². The van der Waals surface area contributed by atoms with Crippen molar-refractivity contribution >= 4 is 23.2 Å². The Bertz CT molecular complexity index is 351. The monoisotopic (exact) mass is 259 g/mol. The summed E-state index contributed by atoms with van der Waals surface area (Å²) in [5.41, 5.74) is 0.958. The van der Waals surface area contributed by atoms with E-state index < -0.39 is 0 Å². The molecule has 0 aromatic heterocycles. The molecule has 0 amide bonds. The summed E-state index contributed by atoms with van der Waals surface area (Å²) in [6, 6.07) is 5.46. The van der Waals surface area contributed by atoms with Crippen molar-refractivity contribution in [3.05, 3.63) is 33.8 Å². The summed E-state index contributed by atoms with van der Waals surface area (Å²) in [5, 5.41) is 4.73. The molecule has 16 heavy (non-hydrogen) atoms. The normalized spacial score (nSPS) is 21.0. The number of ether oxygens (including phenoxy) is 1. The van der Waals surface area contributed by atoms with Crippen LogP contribution in [-0.2, 0) is 11.3 Å². The van der Waals surface area contributed by atoms with Crippen molar-refractivity contribution in [3.8, 4) is 0 Å². The maximum Gasteiger partial charge on any atom is 0.0736 e. The van der Waals surface area contributed by atoms with Gasteiger partial charge >= 0.3 is 0 Å². The van der Waals surface area contributed by atoms with Gasteiger partial charge in [-0.15, -0.1) is 0 Å². The van der Waals surface area contributed by atoms with Gasteiger partial charge in [0.2, 0.25) is 0 Å². The fourth-order valence-electron chi connectivity index (χ4n) is 1.82. The Morgan fingerprint density at radius 2 is 2.25 bits per heavy atom. The molecule has 1 atom stereocenters. The molecular weight excluding hydrogens is 245 g/mol. The molecule has 1 aromatic rings. The second-order valence-electron chi connectivity index (χ2n) is 4.02. The lowest BCUT2D eigenvalue weighted by atomic mass is 10.1. The summed E-state index contributed by atoms with van der Waals surface area (Å²) in [6.45, 7) is 2.56. The molecule has 1 aliphatic heterocycles. The van der Waals surface area contributed by atoms with E-state index in [1.165, 1.54) is 6.42 Å². The minimum absolute atomic E-state index is 0.295. The molecule has 0 radical (unpaired) electrons. The van der Waals surface area contributed by atoms with Crippen molar-refractivity contribution in [2.24, 2.45) is 0 Å². The van der Waals surface area contributed by atoms with Crippen LogP contribution in [0.2, 0.25) is 10.0 Å². The Kier molecular flexibility index (Phi) is 4.47. The number of rotatable bonds is 3. The summed E-state index contributed by atoms with van der Waals surface area (Å²) in [5.74, 6) is 0. The number of hydrogen-bond donors (Lipinski definition) is 1. The predicted molar refractivity (Wildman–Crippen MR) is 67.1 cm³/mol. The lowest BCUT2D eigenvalue weighted by molar-refractivity contribution is 0.0253. The summed E-state index contributed by atoms with van der Waals surface area (Å²) in [6.07, 6.45) is 2.59. The third-order valence-electron chi connectivity index (χ3n) is 2.73. The smallest absolute Gasteiger partial charge is 0.0736 e. The summed E-state index contributed by atoms with van der Waals surface area (Å²) >= 11 is 12.0. The molecule has 0 aliphatic carbocycles. The second kappa shape index (κ2) is 5.87. The molecule has 1 fully saturated rings. The van der Waals surface area contributed by atoms with Gasteiger partial charge in [-0.3, -0.25) is 0 Å². The number of benzene rings is 1. The first-order valence-electron chi connectivity index (χ1n) is 5.52.